The maximum absolute atomic E-state index is 12.0. The normalized spacial score (nSPS) is 11.3. The highest BCUT2D eigenvalue weighted by molar-refractivity contribution is 6.32. The van der Waals surface area contributed by atoms with Gasteiger partial charge in [-0.1, -0.05) is 42.8 Å². The summed E-state index contributed by atoms with van der Waals surface area (Å²) in [6.45, 7) is 3.39. The number of nitrogens with one attached hydrogen (secondary N) is 2. The molecule has 1 unspecified atom stereocenters. The van der Waals surface area contributed by atoms with E-state index in [1.165, 1.54) is 5.56 Å². The second kappa shape index (κ2) is 9.68. The third-order valence-corrected chi connectivity index (χ3v) is 3.85. The molecule has 7 heteroatoms. The van der Waals surface area contributed by atoms with Gasteiger partial charge in [0.1, 0.15) is 11.5 Å². The van der Waals surface area contributed by atoms with Crippen LogP contribution in [0.3, 0.4) is 0 Å². The minimum Gasteiger partial charge on any atom is -0.484 e. The number of amides is 2. The van der Waals surface area contributed by atoms with Gasteiger partial charge in [-0.2, -0.15) is 0 Å². The lowest BCUT2D eigenvalue weighted by Crippen LogP contribution is -2.48. The fourth-order valence-corrected chi connectivity index (χ4v) is 2.20. The second-order valence-corrected chi connectivity index (χ2v) is 5.92. The molecule has 2 N–H and O–H groups in total. The summed E-state index contributed by atoms with van der Waals surface area (Å²) in [7, 11) is 0. The lowest BCUT2D eigenvalue weighted by atomic mass is 10.2. The van der Waals surface area contributed by atoms with Crippen molar-refractivity contribution in [1.29, 1.82) is 0 Å². The predicted molar refractivity (Wildman–Crippen MR) is 99.1 cm³/mol. The highest BCUT2D eigenvalue weighted by atomic mass is 35.5. The highest BCUT2D eigenvalue weighted by Crippen LogP contribution is 2.24. The first-order valence-corrected chi connectivity index (χ1v) is 8.59. The molecule has 0 bridgehead atoms. The molecular weight excluding hydrogens is 356 g/mol. The third kappa shape index (κ3) is 5.97. The molecule has 0 aromatic heterocycles. The maximum Gasteiger partial charge on any atom is 0.279 e. The summed E-state index contributed by atoms with van der Waals surface area (Å²) in [5, 5.41) is 0.402. The van der Waals surface area contributed by atoms with E-state index in [0.717, 1.165) is 6.42 Å². The topological polar surface area (TPSA) is 76.7 Å². The van der Waals surface area contributed by atoms with E-state index in [9.17, 15) is 9.59 Å². The molecule has 2 aromatic carbocycles. The van der Waals surface area contributed by atoms with Crippen LogP contribution in [-0.2, 0) is 16.0 Å². The van der Waals surface area contributed by atoms with Crippen molar-refractivity contribution >= 4 is 23.4 Å². The van der Waals surface area contributed by atoms with Crippen LogP contribution < -0.4 is 20.3 Å². The maximum atomic E-state index is 12.0. The van der Waals surface area contributed by atoms with Crippen LogP contribution in [0.5, 0.6) is 11.5 Å². The molecule has 0 saturated heterocycles. The SMILES string of the molecule is CCc1ccc(OCC(=O)NNC(=O)C(C)Oc2ccccc2Cl)cc1. The zero-order valence-electron chi connectivity index (χ0n) is 14.6. The van der Waals surface area contributed by atoms with Crippen LogP contribution in [0.1, 0.15) is 19.4 Å². The first-order valence-electron chi connectivity index (χ1n) is 8.21. The van der Waals surface area contributed by atoms with Gasteiger partial charge in [0.25, 0.3) is 11.8 Å². The summed E-state index contributed by atoms with van der Waals surface area (Å²) in [4.78, 5) is 23.7. The molecule has 1 atom stereocenters. The first-order chi connectivity index (χ1) is 12.5. The molecular formula is C19H21ClN2O4. The van der Waals surface area contributed by atoms with Gasteiger partial charge in [-0.05, 0) is 43.2 Å². The van der Waals surface area contributed by atoms with Crippen molar-refractivity contribution in [2.45, 2.75) is 26.4 Å². The molecule has 6 nitrogen and oxygen atoms in total. The summed E-state index contributed by atoms with van der Waals surface area (Å²) in [6.07, 6.45) is 0.0963. The van der Waals surface area contributed by atoms with Gasteiger partial charge in [0, 0.05) is 0 Å². The fourth-order valence-electron chi connectivity index (χ4n) is 2.02. The van der Waals surface area contributed by atoms with E-state index >= 15 is 0 Å². The van der Waals surface area contributed by atoms with Gasteiger partial charge in [-0.25, -0.2) is 0 Å². The van der Waals surface area contributed by atoms with E-state index in [1.54, 1.807) is 43.3 Å². The average Bonchev–Trinajstić information content (AvgIpc) is 2.66. The van der Waals surface area contributed by atoms with Crippen molar-refractivity contribution in [1.82, 2.24) is 10.9 Å². The van der Waals surface area contributed by atoms with E-state index in [1.807, 2.05) is 12.1 Å². The Morgan fingerprint density at radius 1 is 1.08 bits per heavy atom. The minimum atomic E-state index is -0.835. The smallest absolute Gasteiger partial charge is 0.279 e. The number of hydrogen-bond acceptors (Lipinski definition) is 4. The van der Waals surface area contributed by atoms with Crippen molar-refractivity contribution < 1.29 is 19.1 Å². The number of para-hydroxylation sites is 1. The molecule has 138 valence electrons. The zero-order valence-corrected chi connectivity index (χ0v) is 15.4. The van der Waals surface area contributed by atoms with Crippen LogP contribution in [0.4, 0.5) is 0 Å². The van der Waals surface area contributed by atoms with Gasteiger partial charge in [-0.3, -0.25) is 20.4 Å². The molecule has 0 spiro atoms. The van der Waals surface area contributed by atoms with Crippen LogP contribution in [0.2, 0.25) is 5.02 Å². The summed E-state index contributed by atoms with van der Waals surface area (Å²) < 4.78 is 10.8. The number of carbonyl (C=O) groups is 2. The molecule has 2 aromatic rings. The Morgan fingerprint density at radius 2 is 1.77 bits per heavy atom. The predicted octanol–water partition coefficient (Wildman–Crippen LogP) is 2.90. The van der Waals surface area contributed by atoms with Crippen LogP contribution in [-0.4, -0.2) is 24.5 Å². The fraction of sp³-hybridized carbons (Fsp3) is 0.263. The Hall–Kier alpha value is -2.73. The van der Waals surface area contributed by atoms with Gasteiger partial charge in [0.2, 0.25) is 0 Å². The number of hydrazine groups is 1. The Morgan fingerprint density at radius 3 is 2.42 bits per heavy atom. The van der Waals surface area contributed by atoms with Crippen molar-refractivity contribution in [2.24, 2.45) is 0 Å². The quantitative estimate of drug-likeness (QED) is 0.728. The standard InChI is InChI=1S/C19H21ClN2O4/c1-3-14-8-10-15(11-9-14)25-12-18(23)21-22-19(24)13(2)26-17-7-5-4-6-16(17)20/h4-11,13H,3,12H2,1-2H3,(H,21,23)(H,22,24). The molecule has 0 aliphatic heterocycles. The van der Waals surface area contributed by atoms with E-state index < -0.39 is 17.9 Å². The molecule has 0 aliphatic rings. The van der Waals surface area contributed by atoms with Crippen molar-refractivity contribution in [3.05, 3.63) is 59.1 Å². The zero-order chi connectivity index (χ0) is 18.9. The molecule has 0 heterocycles. The number of aryl methyl sites for hydroxylation is 1. The van der Waals surface area contributed by atoms with Crippen LogP contribution in [0.15, 0.2) is 48.5 Å². The molecule has 2 rings (SSSR count). The van der Waals surface area contributed by atoms with Crippen LogP contribution >= 0.6 is 11.6 Å². The number of rotatable bonds is 7. The Balaban J connectivity index is 1.73. The molecule has 0 saturated carbocycles. The second-order valence-electron chi connectivity index (χ2n) is 5.51. The molecule has 0 aliphatic carbocycles. The average molecular weight is 377 g/mol. The monoisotopic (exact) mass is 376 g/mol. The van der Waals surface area contributed by atoms with E-state index in [-0.39, 0.29) is 6.61 Å². The highest BCUT2D eigenvalue weighted by Gasteiger charge is 2.16. The number of hydrogen-bond donors (Lipinski definition) is 2. The molecule has 26 heavy (non-hydrogen) atoms. The van der Waals surface area contributed by atoms with E-state index in [2.05, 4.69) is 17.8 Å². The van der Waals surface area contributed by atoms with Crippen molar-refractivity contribution in [2.75, 3.05) is 6.61 Å². The lowest BCUT2D eigenvalue weighted by Gasteiger charge is -2.16. The van der Waals surface area contributed by atoms with Crippen LogP contribution in [0, 0.1) is 0 Å². The summed E-state index contributed by atoms with van der Waals surface area (Å²) >= 11 is 5.98. The van der Waals surface area contributed by atoms with Crippen molar-refractivity contribution in [3.8, 4) is 11.5 Å². The number of benzene rings is 2. The summed E-state index contributed by atoms with van der Waals surface area (Å²) in [5.41, 5.74) is 5.75. The summed E-state index contributed by atoms with van der Waals surface area (Å²) in [5.74, 6) is -0.0190. The number of halogens is 1. The Kier molecular flexibility index (Phi) is 7.29. The van der Waals surface area contributed by atoms with Gasteiger partial charge in [0.15, 0.2) is 12.7 Å². The van der Waals surface area contributed by atoms with Crippen LogP contribution in [0.25, 0.3) is 0 Å². The number of carbonyl (C=O) groups excluding carboxylic acids is 2. The van der Waals surface area contributed by atoms with Gasteiger partial charge < -0.3 is 9.47 Å². The van der Waals surface area contributed by atoms with Gasteiger partial charge >= 0.3 is 0 Å². The van der Waals surface area contributed by atoms with E-state index in [0.29, 0.717) is 16.5 Å². The van der Waals surface area contributed by atoms with Gasteiger partial charge in [-0.15, -0.1) is 0 Å². The molecule has 0 radical (unpaired) electrons. The largest absolute Gasteiger partial charge is 0.484 e. The van der Waals surface area contributed by atoms with Gasteiger partial charge in [0.05, 0.1) is 5.02 Å². The number of ether oxygens (including phenoxy) is 2. The lowest BCUT2D eigenvalue weighted by molar-refractivity contribution is -0.133. The summed E-state index contributed by atoms with van der Waals surface area (Å²) in [6, 6.07) is 14.3. The third-order valence-electron chi connectivity index (χ3n) is 3.54. The molecule has 2 amide bonds. The van der Waals surface area contributed by atoms with E-state index in [4.69, 9.17) is 21.1 Å². The first kappa shape index (κ1) is 19.6. The Bertz CT molecular complexity index is 749. The Labute approximate surface area is 157 Å². The van der Waals surface area contributed by atoms with Crippen molar-refractivity contribution in [3.63, 3.8) is 0 Å². The minimum absolute atomic E-state index is 0.217. The molecule has 0 fully saturated rings.